The zero-order valence-corrected chi connectivity index (χ0v) is 15.3. The van der Waals surface area contributed by atoms with E-state index in [2.05, 4.69) is 0 Å². The van der Waals surface area contributed by atoms with E-state index in [0.29, 0.717) is 25.2 Å². The minimum atomic E-state index is -4.41. The van der Waals surface area contributed by atoms with Crippen LogP contribution in [-0.4, -0.2) is 47.0 Å². The molecule has 1 aliphatic carbocycles. The summed E-state index contributed by atoms with van der Waals surface area (Å²) in [6, 6.07) is 5.12. The number of carbonyl (C=O) groups is 2. The van der Waals surface area contributed by atoms with Crippen molar-refractivity contribution >= 4 is 23.6 Å². The van der Waals surface area contributed by atoms with Crippen LogP contribution in [0.2, 0.25) is 0 Å². The van der Waals surface area contributed by atoms with Crippen LogP contribution in [0.1, 0.15) is 36.3 Å². The summed E-state index contributed by atoms with van der Waals surface area (Å²) in [4.78, 5) is 27.8. The zero-order chi connectivity index (χ0) is 18.9. The molecular weight excluding hydrogens is 365 g/mol. The van der Waals surface area contributed by atoms with Crippen LogP contribution < -0.4 is 0 Å². The molecule has 8 heteroatoms. The molecule has 2 fully saturated rings. The van der Waals surface area contributed by atoms with Crippen molar-refractivity contribution in [2.45, 2.75) is 31.3 Å². The summed E-state index contributed by atoms with van der Waals surface area (Å²) in [5, 5.41) is -0.445. The van der Waals surface area contributed by atoms with Crippen LogP contribution in [0.15, 0.2) is 24.3 Å². The van der Waals surface area contributed by atoms with Crippen molar-refractivity contribution in [3.63, 3.8) is 0 Å². The molecule has 2 aliphatic rings. The Kier molecular flexibility index (Phi) is 5.50. The highest BCUT2D eigenvalue weighted by Crippen LogP contribution is 2.40. The fourth-order valence-electron chi connectivity index (χ4n) is 3.08. The van der Waals surface area contributed by atoms with E-state index in [1.807, 2.05) is 6.92 Å². The van der Waals surface area contributed by atoms with Crippen LogP contribution >= 0.6 is 11.8 Å². The molecule has 3 rings (SSSR count). The van der Waals surface area contributed by atoms with E-state index in [-0.39, 0.29) is 23.5 Å². The number of amides is 2. The molecule has 1 saturated carbocycles. The quantitative estimate of drug-likeness (QED) is 0.751. The average molecular weight is 386 g/mol. The molecule has 1 heterocycles. The third-order valence-corrected chi connectivity index (χ3v) is 5.95. The first-order valence-electron chi connectivity index (χ1n) is 8.68. The number of thioether (sulfide) groups is 1. The van der Waals surface area contributed by atoms with E-state index in [9.17, 15) is 22.8 Å². The maximum atomic E-state index is 13.0. The Balaban J connectivity index is 1.71. The number of halogens is 3. The highest BCUT2D eigenvalue weighted by molar-refractivity contribution is 8.00. The van der Waals surface area contributed by atoms with Gasteiger partial charge in [-0.3, -0.25) is 9.59 Å². The number of carbonyl (C=O) groups excluding carboxylic acids is 2. The van der Waals surface area contributed by atoms with Gasteiger partial charge in [0.25, 0.3) is 0 Å². The van der Waals surface area contributed by atoms with E-state index in [1.54, 1.807) is 15.9 Å². The first-order valence-corrected chi connectivity index (χ1v) is 9.73. The van der Waals surface area contributed by atoms with Crippen molar-refractivity contribution < 1.29 is 22.8 Å². The predicted molar refractivity (Wildman–Crippen MR) is 93.3 cm³/mol. The lowest BCUT2D eigenvalue weighted by atomic mass is 10.1. The van der Waals surface area contributed by atoms with Crippen molar-refractivity contribution in [2.75, 3.05) is 25.4 Å². The Morgan fingerprint density at radius 2 is 2.08 bits per heavy atom. The third kappa shape index (κ3) is 4.16. The fourth-order valence-corrected chi connectivity index (χ4v) is 4.29. The van der Waals surface area contributed by atoms with Gasteiger partial charge in [-0.15, -0.1) is 11.8 Å². The molecule has 4 nitrogen and oxygen atoms in total. The lowest BCUT2D eigenvalue weighted by molar-refractivity contribution is -0.137. The van der Waals surface area contributed by atoms with Crippen molar-refractivity contribution in [3.05, 3.63) is 35.4 Å². The molecule has 0 aromatic heterocycles. The Morgan fingerprint density at radius 3 is 2.69 bits per heavy atom. The molecule has 26 heavy (non-hydrogen) atoms. The van der Waals surface area contributed by atoms with Crippen LogP contribution in [0, 0.1) is 5.92 Å². The summed E-state index contributed by atoms with van der Waals surface area (Å²) >= 11 is 1.32. The predicted octanol–water partition coefficient (Wildman–Crippen LogP) is 3.54. The Morgan fingerprint density at radius 1 is 1.35 bits per heavy atom. The van der Waals surface area contributed by atoms with Crippen LogP contribution in [0.25, 0.3) is 0 Å². The number of benzene rings is 1. The highest BCUT2D eigenvalue weighted by Gasteiger charge is 2.37. The van der Waals surface area contributed by atoms with Crippen LogP contribution in [0.4, 0.5) is 13.2 Å². The van der Waals surface area contributed by atoms with Crippen molar-refractivity contribution in [1.29, 1.82) is 0 Å². The summed E-state index contributed by atoms with van der Waals surface area (Å²) in [6.45, 7) is 3.20. The molecule has 1 aromatic rings. The van der Waals surface area contributed by atoms with Gasteiger partial charge in [0.1, 0.15) is 5.37 Å². The zero-order valence-electron chi connectivity index (χ0n) is 14.5. The second-order valence-corrected chi connectivity index (χ2v) is 7.63. The van der Waals surface area contributed by atoms with Gasteiger partial charge in [-0.25, -0.2) is 0 Å². The second-order valence-electron chi connectivity index (χ2n) is 6.57. The first kappa shape index (κ1) is 19.1. The topological polar surface area (TPSA) is 40.6 Å². The number of rotatable bonds is 6. The number of hydrogen-bond acceptors (Lipinski definition) is 3. The Bertz CT molecular complexity index is 691. The maximum Gasteiger partial charge on any atom is 0.416 e. The molecule has 1 saturated heterocycles. The van der Waals surface area contributed by atoms with Gasteiger partial charge in [0.2, 0.25) is 11.8 Å². The van der Waals surface area contributed by atoms with Gasteiger partial charge >= 0.3 is 6.18 Å². The molecule has 0 radical (unpaired) electrons. The van der Waals surface area contributed by atoms with Gasteiger partial charge in [-0.05, 0) is 37.5 Å². The summed E-state index contributed by atoms with van der Waals surface area (Å²) in [7, 11) is 0. The number of hydrogen-bond donors (Lipinski definition) is 0. The van der Waals surface area contributed by atoms with Gasteiger partial charge in [0.15, 0.2) is 0 Å². The molecular formula is C18H21F3N2O2S. The summed E-state index contributed by atoms with van der Waals surface area (Å²) in [5.41, 5.74) is -0.249. The largest absolute Gasteiger partial charge is 0.416 e. The number of alkyl halides is 3. The van der Waals surface area contributed by atoms with E-state index >= 15 is 0 Å². The van der Waals surface area contributed by atoms with Gasteiger partial charge in [0, 0.05) is 25.6 Å². The SMILES string of the molecule is CCN(CCN1C(=O)CS[C@@H]1c1cccc(C(F)(F)F)c1)C(=O)C1CC1. The highest BCUT2D eigenvalue weighted by atomic mass is 32.2. The fraction of sp³-hybridized carbons (Fsp3) is 0.556. The van der Waals surface area contributed by atoms with Crippen molar-refractivity contribution in [1.82, 2.24) is 9.80 Å². The summed E-state index contributed by atoms with van der Waals surface area (Å²) in [6.07, 6.45) is -2.58. The molecule has 1 aromatic carbocycles. The summed E-state index contributed by atoms with van der Waals surface area (Å²) in [5.74, 6) is 0.358. The molecule has 142 valence electrons. The van der Waals surface area contributed by atoms with Gasteiger partial charge < -0.3 is 9.80 Å². The van der Waals surface area contributed by atoms with Crippen LogP contribution in [0.3, 0.4) is 0 Å². The normalized spacial score (nSPS) is 20.5. The second kappa shape index (κ2) is 7.50. The Hall–Kier alpha value is -1.70. The Labute approximate surface area is 154 Å². The molecule has 0 unspecified atom stereocenters. The number of nitrogens with zero attached hydrogens (tertiary/aromatic N) is 2. The average Bonchev–Trinajstić information content (AvgIpc) is 3.39. The van der Waals surface area contributed by atoms with Crippen LogP contribution in [0.5, 0.6) is 0 Å². The van der Waals surface area contributed by atoms with Crippen LogP contribution in [-0.2, 0) is 15.8 Å². The number of likely N-dealkylation sites (N-methyl/N-ethyl adjacent to an activating group) is 1. The van der Waals surface area contributed by atoms with E-state index in [1.165, 1.54) is 17.8 Å². The molecule has 0 bridgehead atoms. The van der Waals surface area contributed by atoms with E-state index < -0.39 is 17.1 Å². The molecule has 1 aliphatic heterocycles. The van der Waals surface area contributed by atoms with Gasteiger partial charge in [0.05, 0.1) is 11.3 Å². The summed E-state index contributed by atoms with van der Waals surface area (Å²) < 4.78 is 38.9. The van der Waals surface area contributed by atoms with Gasteiger partial charge in [-0.1, -0.05) is 12.1 Å². The first-order chi connectivity index (χ1) is 12.3. The molecule has 2 amide bonds. The van der Waals surface area contributed by atoms with Gasteiger partial charge in [-0.2, -0.15) is 13.2 Å². The lowest BCUT2D eigenvalue weighted by Crippen LogP contribution is -2.40. The molecule has 1 atom stereocenters. The maximum absolute atomic E-state index is 13.0. The standard InChI is InChI=1S/C18H21F3N2O2S/c1-2-22(16(25)12-6-7-12)8-9-23-15(24)11-26-17(23)13-4-3-5-14(10-13)18(19,20)21/h3-5,10,12,17H,2,6-9,11H2,1H3/t17-/m1/s1. The molecule has 0 spiro atoms. The minimum absolute atomic E-state index is 0.104. The van der Waals surface area contributed by atoms with E-state index in [4.69, 9.17) is 0 Å². The smallest absolute Gasteiger partial charge is 0.341 e. The van der Waals surface area contributed by atoms with E-state index in [0.717, 1.165) is 25.0 Å². The van der Waals surface area contributed by atoms with Crippen molar-refractivity contribution in [2.24, 2.45) is 5.92 Å². The van der Waals surface area contributed by atoms with Crippen molar-refractivity contribution in [3.8, 4) is 0 Å². The lowest BCUT2D eigenvalue weighted by Gasteiger charge is -2.28. The minimum Gasteiger partial charge on any atom is -0.341 e. The monoisotopic (exact) mass is 386 g/mol. The molecule has 0 N–H and O–H groups in total. The third-order valence-electron chi connectivity index (χ3n) is 4.70.